The monoisotopic (exact) mass is 329 g/mol. The summed E-state index contributed by atoms with van der Waals surface area (Å²) in [4.78, 5) is 19.8. The summed E-state index contributed by atoms with van der Waals surface area (Å²) in [5, 5.41) is 12.2. The smallest absolute Gasteiger partial charge is 0.257 e. The number of amides is 1. The van der Waals surface area contributed by atoms with Gasteiger partial charge in [-0.3, -0.25) is 10.1 Å². The molecule has 118 valence electrons. The number of ether oxygens (including phenoxy) is 1. The van der Waals surface area contributed by atoms with E-state index in [1.165, 1.54) is 11.3 Å². The van der Waals surface area contributed by atoms with Gasteiger partial charge in [-0.25, -0.2) is 4.98 Å². The number of rotatable bonds is 3. The summed E-state index contributed by atoms with van der Waals surface area (Å²) in [6.45, 7) is 2.64. The fourth-order valence-electron chi connectivity index (χ4n) is 2.64. The highest BCUT2D eigenvalue weighted by Gasteiger charge is 2.22. The number of carbonyl (C=O) groups excluding carboxylic acids is 1. The van der Waals surface area contributed by atoms with Crippen LogP contribution in [0.25, 0.3) is 11.0 Å². The number of hydrogen-bond acceptors (Lipinski definition) is 6. The number of benzene rings is 1. The molecule has 0 unspecified atom stereocenters. The van der Waals surface area contributed by atoms with E-state index in [0.717, 1.165) is 41.3 Å². The molecule has 7 nitrogen and oxygen atoms in total. The van der Waals surface area contributed by atoms with Crippen molar-refractivity contribution in [3.05, 3.63) is 34.6 Å². The molecule has 1 aliphatic rings. The van der Waals surface area contributed by atoms with E-state index in [-0.39, 0.29) is 12.0 Å². The van der Waals surface area contributed by atoms with Gasteiger partial charge in [0.05, 0.1) is 11.0 Å². The Hall–Kier alpha value is -2.32. The Labute approximate surface area is 136 Å². The van der Waals surface area contributed by atoms with Crippen molar-refractivity contribution in [2.24, 2.45) is 0 Å². The topological polar surface area (TPSA) is 92.8 Å². The molecule has 8 heteroatoms. The molecule has 4 rings (SSSR count). The molecule has 0 radical (unpaired) electrons. The first kappa shape index (κ1) is 14.3. The lowest BCUT2D eigenvalue weighted by Gasteiger charge is -2.02. The molecule has 0 bridgehead atoms. The Bertz CT molecular complexity index is 866. The molecule has 2 N–H and O–H groups in total. The zero-order chi connectivity index (χ0) is 15.8. The maximum absolute atomic E-state index is 12.4. The average Bonchev–Trinajstić information content (AvgIpc) is 3.25. The molecule has 0 spiro atoms. The van der Waals surface area contributed by atoms with Crippen molar-refractivity contribution >= 4 is 33.4 Å². The number of hydrogen-bond donors (Lipinski definition) is 2. The molecule has 0 saturated carbocycles. The van der Waals surface area contributed by atoms with Gasteiger partial charge in [-0.15, -0.1) is 10.2 Å². The van der Waals surface area contributed by atoms with E-state index in [2.05, 4.69) is 25.5 Å². The Kier molecular flexibility index (Phi) is 3.55. The van der Waals surface area contributed by atoms with E-state index in [4.69, 9.17) is 4.74 Å². The summed E-state index contributed by atoms with van der Waals surface area (Å²) in [5.41, 5.74) is 2.23. The number of nitrogens with one attached hydrogen (secondary N) is 2. The third kappa shape index (κ3) is 2.82. The summed E-state index contributed by atoms with van der Waals surface area (Å²) < 4.78 is 5.58. The van der Waals surface area contributed by atoms with E-state index in [9.17, 15) is 4.79 Å². The molecular weight excluding hydrogens is 314 g/mol. The molecule has 0 aliphatic carbocycles. The van der Waals surface area contributed by atoms with Gasteiger partial charge in [-0.1, -0.05) is 11.3 Å². The van der Waals surface area contributed by atoms with Gasteiger partial charge >= 0.3 is 0 Å². The van der Waals surface area contributed by atoms with Gasteiger partial charge in [0.15, 0.2) is 0 Å². The minimum Gasteiger partial charge on any atom is -0.371 e. The Morgan fingerprint density at radius 3 is 3.17 bits per heavy atom. The second-order valence-corrected chi connectivity index (χ2v) is 6.46. The fraction of sp³-hybridized carbons (Fsp3) is 0.333. The number of anilines is 1. The van der Waals surface area contributed by atoms with Crippen LogP contribution in [0.3, 0.4) is 0 Å². The Morgan fingerprint density at radius 1 is 1.43 bits per heavy atom. The Morgan fingerprint density at radius 2 is 2.35 bits per heavy atom. The molecule has 1 saturated heterocycles. The highest BCUT2D eigenvalue weighted by molar-refractivity contribution is 7.15. The predicted molar refractivity (Wildman–Crippen MR) is 86.6 cm³/mol. The van der Waals surface area contributed by atoms with Gasteiger partial charge in [0, 0.05) is 12.2 Å². The molecule has 1 amide bonds. The molecule has 1 atom stereocenters. The van der Waals surface area contributed by atoms with Crippen LogP contribution in [0.4, 0.5) is 5.13 Å². The molecule has 23 heavy (non-hydrogen) atoms. The first-order valence-corrected chi connectivity index (χ1v) is 8.23. The van der Waals surface area contributed by atoms with Crippen molar-refractivity contribution in [3.63, 3.8) is 0 Å². The lowest BCUT2D eigenvalue weighted by atomic mass is 10.2. The standard InChI is InChI=1S/C15H15N5O2S/c1-8-16-10-5-4-9(7-11(10)17-8)13(21)18-15-20-19-14(23-15)12-3-2-6-22-12/h4-5,7,12H,2-3,6H2,1H3,(H,16,17)(H,18,20,21)/t12-/m1/s1. The van der Waals surface area contributed by atoms with Crippen LogP contribution in [-0.2, 0) is 4.74 Å². The fourth-order valence-corrected chi connectivity index (χ4v) is 3.46. The SMILES string of the molecule is Cc1nc2ccc(C(=O)Nc3nnc([C@H]4CCCO4)s3)cc2[nH]1. The number of carbonyl (C=O) groups is 1. The largest absolute Gasteiger partial charge is 0.371 e. The van der Waals surface area contributed by atoms with Crippen LogP contribution in [0.15, 0.2) is 18.2 Å². The van der Waals surface area contributed by atoms with Crippen LogP contribution >= 0.6 is 11.3 Å². The van der Waals surface area contributed by atoms with Gasteiger partial charge in [-0.05, 0) is 38.0 Å². The number of aromatic nitrogens is 4. The highest BCUT2D eigenvalue weighted by Crippen LogP contribution is 2.32. The molecule has 1 fully saturated rings. The van der Waals surface area contributed by atoms with Gasteiger partial charge in [-0.2, -0.15) is 0 Å². The van der Waals surface area contributed by atoms with Gasteiger partial charge < -0.3 is 9.72 Å². The molecule has 2 aromatic heterocycles. The predicted octanol–water partition coefficient (Wildman–Crippen LogP) is 2.83. The van der Waals surface area contributed by atoms with Crippen molar-refractivity contribution in [2.75, 3.05) is 11.9 Å². The normalized spacial score (nSPS) is 17.7. The summed E-state index contributed by atoms with van der Waals surface area (Å²) in [7, 11) is 0. The minimum absolute atomic E-state index is 0.0162. The van der Waals surface area contributed by atoms with E-state index >= 15 is 0 Å². The van der Waals surface area contributed by atoms with Crippen LogP contribution in [0.1, 0.15) is 40.1 Å². The summed E-state index contributed by atoms with van der Waals surface area (Å²) in [6, 6.07) is 5.36. The molecular formula is C15H15N5O2S. The number of aryl methyl sites for hydroxylation is 1. The second-order valence-electron chi connectivity index (χ2n) is 5.46. The number of aromatic amines is 1. The van der Waals surface area contributed by atoms with Gasteiger partial charge in [0.2, 0.25) is 5.13 Å². The third-order valence-corrected chi connectivity index (χ3v) is 4.66. The van der Waals surface area contributed by atoms with Crippen LogP contribution in [0.2, 0.25) is 0 Å². The lowest BCUT2D eigenvalue weighted by molar-refractivity contribution is 0.102. The first-order chi connectivity index (χ1) is 11.2. The van der Waals surface area contributed by atoms with Crippen LogP contribution in [0, 0.1) is 6.92 Å². The van der Waals surface area contributed by atoms with E-state index in [1.54, 1.807) is 12.1 Å². The van der Waals surface area contributed by atoms with Crippen molar-refractivity contribution in [2.45, 2.75) is 25.9 Å². The quantitative estimate of drug-likeness (QED) is 0.771. The van der Waals surface area contributed by atoms with Crippen molar-refractivity contribution in [3.8, 4) is 0 Å². The number of nitrogens with zero attached hydrogens (tertiary/aromatic N) is 3. The maximum Gasteiger partial charge on any atom is 0.257 e. The minimum atomic E-state index is -0.214. The van der Waals surface area contributed by atoms with Crippen molar-refractivity contribution < 1.29 is 9.53 Å². The lowest BCUT2D eigenvalue weighted by Crippen LogP contribution is -2.11. The van der Waals surface area contributed by atoms with E-state index in [0.29, 0.717) is 10.7 Å². The van der Waals surface area contributed by atoms with Gasteiger partial charge in [0.25, 0.3) is 5.91 Å². The zero-order valence-corrected chi connectivity index (χ0v) is 13.3. The van der Waals surface area contributed by atoms with Crippen LogP contribution in [0.5, 0.6) is 0 Å². The van der Waals surface area contributed by atoms with Crippen LogP contribution in [-0.4, -0.2) is 32.7 Å². The number of fused-ring (bicyclic) bond motifs is 1. The maximum atomic E-state index is 12.4. The van der Waals surface area contributed by atoms with Crippen LogP contribution < -0.4 is 5.32 Å². The summed E-state index contributed by atoms with van der Waals surface area (Å²) in [5.74, 6) is 0.608. The Balaban J connectivity index is 1.51. The first-order valence-electron chi connectivity index (χ1n) is 7.42. The van der Waals surface area contributed by atoms with Gasteiger partial charge in [0.1, 0.15) is 16.9 Å². The third-order valence-electron chi connectivity index (χ3n) is 3.73. The highest BCUT2D eigenvalue weighted by atomic mass is 32.1. The summed E-state index contributed by atoms with van der Waals surface area (Å²) in [6.07, 6.45) is 2.01. The van der Waals surface area contributed by atoms with Crippen molar-refractivity contribution in [1.82, 2.24) is 20.2 Å². The van der Waals surface area contributed by atoms with Crippen molar-refractivity contribution in [1.29, 1.82) is 0 Å². The second kappa shape index (κ2) is 5.71. The molecule has 1 aromatic carbocycles. The average molecular weight is 329 g/mol. The molecule has 1 aliphatic heterocycles. The van der Waals surface area contributed by atoms with E-state index < -0.39 is 0 Å². The number of imidazole rings is 1. The van der Waals surface area contributed by atoms with E-state index in [1.807, 2.05) is 13.0 Å². The molecule has 3 aromatic rings. The number of H-pyrrole nitrogens is 1. The summed E-state index contributed by atoms with van der Waals surface area (Å²) >= 11 is 1.36. The molecule has 3 heterocycles. The zero-order valence-electron chi connectivity index (χ0n) is 12.5.